The number of nitrogens with one attached hydrogen (secondary N) is 1. The molecule has 0 spiro atoms. The number of likely N-dealkylation sites (tertiary alicyclic amines) is 2. The molecule has 0 aliphatic carbocycles. The van der Waals surface area contributed by atoms with Crippen LogP contribution >= 0.6 is 0 Å². The molecule has 1 N–H and O–H groups in total. The molecule has 0 aromatic rings. The lowest BCUT2D eigenvalue weighted by atomic mass is 10.0. The van der Waals surface area contributed by atoms with Gasteiger partial charge in [0.2, 0.25) is 5.91 Å². The Bertz CT molecular complexity index is 276. The number of hydrogen-bond acceptors (Lipinski definition) is 3. The molecule has 0 bridgehead atoms. The molecule has 2 atom stereocenters. The van der Waals surface area contributed by atoms with Crippen LogP contribution in [0.1, 0.15) is 39.0 Å². The minimum absolute atomic E-state index is 0.0292. The van der Waals surface area contributed by atoms with E-state index in [1.165, 1.54) is 38.6 Å². The molecule has 4 nitrogen and oxygen atoms in total. The number of rotatable bonds is 4. The first-order valence-electron chi connectivity index (χ1n) is 7.41. The van der Waals surface area contributed by atoms with Crippen molar-refractivity contribution in [2.45, 2.75) is 51.1 Å². The van der Waals surface area contributed by atoms with Gasteiger partial charge in [0.05, 0.1) is 6.04 Å². The summed E-state index contributed by atoms with van der Waals surface area (Å²) in [5.74, 6) is 0.283. The van der Waals surface area contributed by atoms with E-state index in [-0.39, 0.29) is 11.9 Å². The van der Waals surface area contributed by atoms with E-state index in [2.05, 4.69) is 17.3 Å². The third-order valence-corrected chi connectivity index (χ3v) is 4.37. The Labute approximate surface area is 111 Å². The first-order valence-corrected chi connectivity index (χ1v) is 7.41. The summed E-state index contributed by atoms with van der Waals surface area (Å²) in [6.45, 7) is 6.05. The third kappa shape index (κ3) is 3.45. The number of likely N-dealkylation sites (N-methyl/N-ethyl adjacent to an activating group) is 1. The van der Waals surface area contributed by atoms with Gasteiger partial charge in [-0.05, 0) is 46.2 Å². The summed E-state index contributed by atoms with van der Waals surface area (Å²) in [4.78, 5) is 16.6. The largest absolute Gasteiger partial charge is 0.341 e. The van der Waals surface area contributed by atoms with Gasteiger partial charge in [0, 0.05) is 25.7 Å². The van der Waals surface area contributed by atoms with Crippen LogP contribution in [-0.2, 0) is 4.79 Å². The second kappa shape index (κ2) is 6.53. The van der Waals surface area contributed by atoms with Crippen molar-refractivity contribution in [2.75, 3.05) is 33.2 Å². The molecule has 1 amide bonds. The quantitative estimate of drug-likeness (QED) is 0.814. The van der Waals surface area contributed by atoms with Crippen LogP contribution in [0.3, 0.4) is 0 Å². The Balaban J connectivity index is 1.73. The van der Waals surface area contributed by atoms with Crippen molar-refractivity contribution in [3.05, 3.63) is 0 Å². The fraction of sp³-hybridized carbons (Fsp3) is 0.929. The Morgan fingerprint density at radius 3 is 2.56 bits per heavy atom. The monoisotopic (exact) mass is 253 g/mol. The maximum Gasteiger partial charge on any atom is 0.239 e. The molecule has 2 aliphatic heterocycles. The molecular formula is C14H27N3O. The molecule has 104 valence electrons. The number of hydrogen-bond donors (Lipinski definition) is 1. The lowest BCUT2D eigenvalue weighted by Crippen LogP contribution is -2.49. The molecule has 0 aromatic heterocycles. The van der Waals surface area contributed by atoms with Crippen LogP contribution in [0.2, 0.25) is 0 Å². The summed E-state index contributed by atoms with van der Waals surface area (Å²) in [5, 5.41) is 3.43. The van der Waals surface area contributed by atoms with E-state index in [9.17, 15) is 4.79 Å². The molecule has 2 aliphatic rings. The zero-order valence-corrected chi connectivity index (χ0v) is 11.8. The van der Waals surface area contributed by atoms with E-state index in [4.69, 9.17) is 0 Å². The average Bonchev–Trinajstić information content (AvgIpc) is 2.90. The predicted molar refractivity (Wildman–Crippen MR) is 73.5 cm³/mol. The molecule has 4 heteroatoms. The van der Waals surface area contributed by atoms with Crippen LogP contribution in [0.15, 0.2) is 0 Å². The minimum Gasteiger partial charge on any atom is -0.341 e. The van der Waals surface area contributed by atoms with Crippen LogP contribution in [0.25, 0.3) is 0 Å². The molecule has 2 saturated heterocycles. The number of nitrogens with zero attached hydrogens (tertiary/aromatic N) is 2. The van der Waals surface area contributed by atoms with Gasteiger partial charge in [-0.3, -0.25) is 4.79 Å². The predicted octanol–water partition coefficient (Wildman–Crippen LogP) is 1.07. The van der Waals surface area contributed by atoms with Gasteiger partial charge in [0.1, 0.15) is 0 Å². The Kier molecular flexibility index (Phi) is 5.01. The Morgan fingerprint density at radius 1 is 1.22 bits per heavy atom. The Hall–Kier alpha value is -0.610. The fourth-order valence-electron chi connectivity index (χ4n) is 3.01. The molecule has 0 saturated carbocycles. The van der Waals surface area contributed by atoms with Gasteiger partial charge in [-0.2, -0.15) is 0 Å². The molecule has 2 unspecified atom stereocenters. The highest BCUT2D eigenvalue weighted by atomic mass is 16.2. The van der Waals surface area contributed by atoms with E-state index in [1.54, 1.807) is 0 Å². The van der Waals surface area contributed by atoms with Crippen LogP contribution in [0.4, 0.5) is 0 Å². The molecule has 0 aromatic carbocycles. The maximum absolute atomic E-state index is 12.1. The summed E-state index contributed by atoms with van der Waals surface area (Å²) < 4.78 is 0. The number of carbonyl (C=O) groups is 1. The first kappa shape index (κ1) is 13.8. The number of piperidine rings is 1. The summed E-state index contributed by atoms with van der Waals surface area (Å²) in [7, 11) is 2.19. The van der Waals surface area contributed by atoms with Gasteiger partial charge in [-0.25, -0.2) is 0 Å². The van der Waals surface area contributed by atoms with E-state index < -0.39 is 0 Å². The second-order valence-electron chi connectivity index (χ2n) is 5.79. The summed E-state index contributed by atoms with van der Waals surface area (Å²) in [6.07, 6.45) is 6.24. The fourth-order valence-corrected chi connectivity index (χ4v) is 3.01. The van der Waals surface area contributed by atoms with Gasteiger partial charge in [-0.15, -0.1) is 0 Å². The van der Waals surface area contributed by atoms with Crippen molar-refractivity contribution in [3.8, 4) is 0 Å². The normalized spacial score (nSPS) is 27.4. The van der Waals surface area contributed by atoms with E-state index in [0.29, 0.717) is 6.04 Å². The highest BCUT2D eigenvalue weighted by Gasteiger charge is 2.25. The van der Waals surface area contributed by atoms with Gasteiger partial charge in [0.15, 0.2) is 0 Å². The average molecular weight is 253 g/mol. The van der Waals surface area contributed by atoms with Gasteiger partial charge >= 0.3 is 0 Å². The van der Waals surface area contributed by atoms with Crippen molar-refractivity contribution in [1.29, 1.82) is 0 Å². The number of carbonyl (C=O) groups excluding carboxylic acids is 1. The van der Waals surface area contributed by atoms with Crippen molar-refractivity contribution in [3.63, 3.8) is 0 Å². The third-order valence-electron chi connectivity index (χ3n) is 4.37. The SMILES string of the molecule is CC(NCC1CCCCN1C)C(=O)N1CCCC1. The molecule has 2 fully saturated rings. The van der Waals surface area contributed by atoms with Crippen molar-refractivity contribution >= 4 is 5.91 Å². The Morgan fingerprint density at radius 2 is 1.89 bits per heavy atom. The van der Waals surface area contributed by atoms with Gasteiger partial charge in [-0.1, -0.05) is 6.42 Å². The number of amides is 1. The van der Waals surface area contributed by atoms with E-state index >= 15 is 0 Å². The van der Waals surface area contributed by atoms with Crippen LogP contribution in [0.5, 0.6) is 0 Å². The summed E-state index contributed by atoms with van der Waals surface area (Å²) >= 11 is 0. The molecule has 2 rings (SSSR count). The van der Waals surface area contributed by atoms with E-state index in [1.807, 2.05) is 11.8 Å². The first-order chi connectivity index (χ1) is 8.68. The smallest absolute Gasteiger partial charge is 0.239 e. The highest BCUT2D eigenvalue weighted by Crippen LogP contribution is 2.14. The molecular weight excluding hydrogens is 226 g/mol. The zero-order valence-electron chi connectivity index (χ0n) is 11.8. The summed E-state index contributed by atoms with van der Waals surface area (Å²) in [6, 6.07) is 0.575. The van der Waals surface area contributed by atoms with Crippen LogP contribution in [-0.4, -0.2) is 61.0 Å². The van der Waals surface area contributed by atoms with Gasteiger partial charge in [0.25, 0.3) is 0 Å². The standard InChI is InChI=1S/C14H27N3O/c1-12(14(18)17-9-5-6-10-17)15-11-13-7-3-4-8-16(13)2/h12-13,15H,3-11H2,1-2H3. The zero-order chi connectivity index (χ0) is 13.0. The lowest BCUT2D eigenvalue weighted by molar-refractivity contribution is -0.132. The summed E-state index contributed by atoms with van der Waals surface area (Å²) in [5.41, 5.74) is 0. The molecule has 2 heterocycles. The highest BCUT2D eigenvalue weighted by molar-refractivity contribution is 5.81. The molecule has 0 radical (unpaired) electrons. The van der Waals surface area contributed by atoms with Gasteiger partial charge < -0.3 is 15.1 Å². The lowest BCUT2D eigenvalue weighted by Gasteiger charge is -2.33. The van der Waals surface area contributed by atoms with Crippen molar-refractivity contribution < 1.29 is 4.79 Å². The second-order valence-corrected chi connectivity index (χ2v) is 5.79. The van der Waals surface area contributed by atoms with Crippen molar-refractivity contribution in [2.24, 2.45) is 0 Å². The van der Waals surface area contributed by atoms with E-state index in [0.717, 1.165) is 19.6 Å². The van der Waals surface area contributed by atoms with Crippen LogP contribution in [0, 0.1) is 0 Å². The maximum atomic E-state index is 12.1. The van der Waals surface area contributed by atoms with Crippen molar-refractivity contribution in [1.82, 2.24) is 15.1 Å². The van der Waals surface area contributed by atoms with Crippen LogP contribution < -0.4 is 5.32 Å². The topological polar surface area (TPSA) is 35.6 Å². The molecule has 18 heavy (non-hydrogen) atoms. The minimum atomic E-state index is -0.0292.